The van der Waals surface area contributed by atoms with E-state index in [1.807, 2.05) is 0 Å². The van der Waals surface area contributed by atoms with Crippen LogP contribution in [-0.2, 0) is 14.3 Å². The predicted octanol–water partition coefficient (Wildman–Crippen LogP) is 1.91. The fourth-order valence-corrected chi connectivity index (χ4v) is 2.38. The molecule has 6 nitrogen and oxygen atoms in total. The second-order valence-corrected chi connectivity index (χ2v) is 4.84. The third kappa shape index (κ3) is 3.21. The number of benzene rings is 1. The van der Waals surface area contributed by atoms with Crippen LogP contribution in [0, 0.1) is 5.92 Å². The summed E-state index contributed by atoms with van der Waals surface area (Å²) < 4.78 is 15.5. The number of nitrogens with one attached hydrogen (secondary N) is 1. The van der Waals surface area contributed by atoms with Crippen LogP contribution in [0.25, 0.3) is 6.08 Å². The molecule has 0 bridgehead atoms. The summed E-state index contributed by atoms with van der Waals surface area (Å²) >= 11 is 0. The Bertz CT molecular complexity index is 678. The Labute approximate surface area is 134 Å². The van der Waals surface area contributed by atoms with E-state index in [2.05, 4.69) is 11.9 Å². The summed E-state index contributed by atoms with van der Waals surface area (Å²) in [4.78, 5) is 24.3. The van der Waals surface area contributed by atoms with Crippen LogP contribution in [-0.4, -0.2) is 32.6 Å². The first kappa shape index (κ1) is 16.6. The van der Waals surface area contributed by atoms with Gasteiger partial charge in [-0.3, -0.25) is 9.59 Å². The fraction of sp³-hybridized carbons (Fsp3) is 0.294. The lowest BCUT2D eigenvalue weighted by molar-refractivity contribution is -0.148. The summed E-state index contributed by atoms with van der Waals surface area (Å²) in [6, 6.07) is 5.32. The molecule has 1 saturated heterocycles. The van der Waals surface area contributed by atoms with Gasteiger partial charge in [0.2, 0.25) is 0 Å². The molecule has 1 fully saturated rings. The lowest BCUT2D eigenvalue weighted by atomic mass is 10.0. The number of rotatable bonds is 5. The lowest BCUT2D eigenvalue weighted by Crippen LogP contribution is -2.23. The summed E-state index contributed by atoms with van der Waals surface area (Å²) in [7, 11) is 3.05. The van der Waals surface area contributed by atoms with E-state index in [0.29, 0.717) is 22.8 Å². The van der Waals surface area contributed by atoms with E-state index in [1.165, 1.54) is 14.2 Å². The molecule has 1 aromatic carbocycles. The van der Waals surface area contributed by atoms with Crippen LogP contribution in [0.4, 0.5) is 0 Å². The molecule has 1 aromatic rings. The Kier molecular flexibility index (Phi) is 5.05. The number of methoxy groups -OCH3 is 2. The third-order valence-electron chi connectivity index (χ3n) is 3.43. The molecular formula is C17H19NO5. The molecule has 0 aromatic heterocycles. The topological polar surface area (TPSA) is 73.9 Å². The highest BCUT2D eigenvalue weighted by atomic mass is 16.5. The van der Waals surface area contributed by atoms with Crippen LogP contribution in [0.2, 0.25) is 0 Å². The summed E-state index contributed by atoms with van der Waals surface area (Å²) in [5.74, 6) is -0.942. The summed E-state index contributed by atoms with van der Waals surface area (Å²) in [6.45, 7) is 5.62. The SMILES string of the molecule is C=C1NC(=Cc2cccc(OC)c2OC)C(=O)C1C(=O)OCC. The van der Waals surface area contributed by atoms with Crippen molar-refractivity contribution in [3.63, 3.8) is 0 Å². The van der Waals surface area contributed by atoms with Gasteiger partial charge in [-0.2, -0.15) is 0 Å². The number of hydrogen-bond acceptors (Lipinski definition) is 6. The minimum absolute atomic E-state index is 0.207. The average Bonchev–Trinajstić information content (AvgIpc) is 2.81. The Morgan fingerprint density at radius 3 is 2.70 bits per heavy atom. The third-order valence-corrected chi connectivity index (χ3v) is 3.43. The highest BCUT2D eigenvalue weighted by molar-refractivity contribution is 6.15. The molecule has 0 amide bonds. The molecule has 1 heterocycles. The first-order valence-corrected chi connectivity index (χ1v) is 7.12. The maximum absolute atomic E-state index is 12.4. The van der Waals surface area contributed by atoms with Crippen LogP contribution >= 0.6 is 0 Å². The van der Waals surface area contributed by atoms with Crippen molar-refractivity contribution in [3.05, 3.63) is 41.7 Å². The molecule has 0 radical (unpaired) electrons. The van der Waals surface area contributed by atoms with Crippen LogP contribution in [0.5, 0.6) is 11.5 Å². The van der Waals surface area contributed by atoms with Crippen LogP contribution in [0.15, 0.2) is 36.2 Å². The van der Waals surface area contributed by atoms with Gasteiger partial charge in [-0.25, -0.2) is 0 Å². The quantitative estimate of drug-likeness (QED) is 0.508. The number of carbonyl (C=O) groups excluding carboxylic acids is 2. The second kappa shape index (κ2) is 7.00. The van der Waals surface area contributed by atoms with Gasteiger partial charge in [0.25, 0.3) is 0 Å². The highest BCUT2D eigenvalue weighted by Gasteiger charge is 2.39. The van der Waals surface area contributed by atoms with Crippen molar-refractivity contribution < 1.29 is 23.8 Å². The lowest BCUT2D eigenvalue weighted by Gasteiger charge is -2.10. The Hall–Kier alpha value is -2.76. The van der Waals surface area contributed by atoms with E-state index in [0.717, 1.165) is 0 Å². The van der Waals surface area contributed by atoms with Gasteiger partial charge in [-0.05, 0) is 19.1 Å². The van der Waals surface area contributed by atoms with Gasteiger partial charge in [0, 0.05) is 11.3 Å². The number of ketones is 1. The van der Waals surface area contributed by atoms with Crippen molar-refractivity contribution in [2.75, 3.05) is 20.8 Å². The maximum Gasteiger partial charge on any atom is 0.322 e. The van der Waals surface area contributed by atoms with Gasteiger partial charge >= 0.3 is 5.97 Å². The second-order valence-electron chi connectivity index (χ2n) is 4.84. The Morgan fingerprint density at radius 1 is 1.35 bits per heavy atom. The summed E-state index contributed by atoms with van der Waals surface area (Å²) in [5.41, 5.74) is 1.22. The molecule has 1 aliphatic rings. The largest absolute Gasteiger partial charge is 0.493 e. The van der Waals surface area contributed by atoms with Crippen molar-refractivity contribution in [2.45, 2.75) is 6.92 Å². The number of esters is 1. The normalized spacial score (nSPS) is 18.7. The van der Waals surface area contributed by atoms with Crippen molar-refractivity contribution in [1.29, 1.82) is 0 Å². The molecular weight excluding hydrogens is 298 g/mol. The predicted molar refractivity (Wildman–Crippen MR) is 84.9 cm³/mol. The number of para-hydroxylation sites is 1. The fourth-order valence-electron chi connectivity index (χ4n) is 2.38. The van der Waals surface area contributed by atoms with Crippen molar-refractivity contribution in [2.24, 2.45) is 5.92 Å². The maximum atomic E-state index is 12.4. The van der Waals surface area contributed by atoms with E-state index in [1.54, 1.807) is 31.2 Å². The Balaban J connectivity index is 2.37. The van der Waals surface area contributed by atoms with E-state index in [-0.39, 0.29) is 18.1 Å². The molecule has 23 heavy (non-hydrogen) atoms. The number of carbonyl (C=O) groups is 2. The van der Waals surface area contributed by atoms with Gasteiger partial charge in [0.1, 0.15) is 0 Å². The molecule has 6 heteroatoms. The number of allylic oxidation sites excluding steroid dienone is 1. The Morgan fingerprint density at radius 2 is 2.09 bits per heavy atom. The molecule has 1 N–H and O–H groups in total. The van der Waals surface area contributed by atoms with E-state index in [9.17, 15) is 9.59 Å². The molecule has 1 atom stereocenters. The smallest absolute Gasteiger partial charge is 0.322 e. The summed E-state index contributed by atoms with van der Waals surface area (Å²) in [5, 5.41) is 2.85. The van der Waals surface area contributed by atoms with E-state index in [4.69, 9.17) is 14.2 Å². The van der Waals surface area contributed by atoms with Crippen LogP contribution < -0.4 is 14.8 Å². The number of Topliss-reactive ketones (excluding diaryl/α,β-unsaturated/α-hetero) is 1. The zero-order chi connectivity index (χ0) is 17.0. The van der Waals surface area contributed by atoms with Crippen LogP contribution in [0.3, 0.4) is 0 Å². The summed E-state index contributed by atoms with van der Waals surface area (Å²) in [6.07, 6.45) is 1.61. The van der Waals surface area contributed by atoms with Crippen molar-refractivity contribution >= 4 is 17.8 Å². The molecule has 1 aliphatic heterocycles. The number of ether oxygens (including phenoxy) is 3. The molecule has 0 spiro atoms. The average molecular weight is 317 g/mol. The first-order valence-electron chi connectivity index (χ1n) is 7.12. The van der Waals surface area contributed by atoms with E-state index < -0.39 is 11.9 Å². The minimum atomic E-state index is -1.02. The molecule has 1 unspecified atom stereocenters. The van der Waals surface area contributed by atoms with Crippen LogP contribution in [0.1, 0.15) is 12.5 Å². The van der Waals surface area contributed by atoms with Gasteiger partial charge in [0.15, 0.2) is 23.2 Å². The highest BCUT2D eigenvalue weighted by Crippen LogP contribution is 2.33. The molecule has 0 saturated carbocycles. The van der Waals surface area contributed by atoms with Gasteiger partial charge in [-0.1, -0.05) is 18.7 Å². The van der Waals surface area contributed by atoms with Crippen molar-refractivity contribution in [3.8, 4) is 11.5 Å². The van der Waals surface area contributed by atoms with Gasteiger partial charge in [0.05, 0.1) is 26.5 Å². The molecule has 122 valence electrons. The first-order chi connectivity index (χ1) is 11.0. The minimum Gasteiger partial charge on any atom is -0.493 e. The van der Waals surface area contributed by atoms with E-state index >= 15 is 0 Å². The zero-order valence-electron chi connectivity index (χ0n) is 13.3. The molecule has 0 aliphatic carbocycles. The van der Waals surface area contributed by atoms with Gasteiger partial charge < -0.3 is 19.5 Å². The van der Waals surface area contributed by atoms with Gasteiger partial charge in [-0.15, -0.1) is 0 Å². The standard InChI is InChI=1S/C17H19NO5/c1-5-23-17(20)14-10(2)18-12(15(14)19)9-11-7-6-8-13(21-3)16(11)22-4/h6-9,14,18H,2,5H2,1,3-4H3. The monoisotopic (exact) mass is 317 g/mol. The zero-order valence-corrected chi connectivity index (χ0v) is 13.3. The van der Waals surface area contributed by atoms with Crippen molar-refractivity contribution in [1.82, 2.24) is 5.32 Å². The number of hydrogen-bond donors (Lipinski definition) is 1. The molecule has 2 rings (SSSR count).